The number of benzene rings is 1. The maximum absolute atomic E-state index is 14.1. The van der Waals surface area contributed by atoms with Crippen molar-refractivity contribution in [3.63, 3.8) is 0 Å². The number of carbonyl (C=O) groups excluding carboxylic acids is 2. The second-order valence-corrected chi connectivity index (χ2v) is 6.01. The number of para-hydroxylation sites is 1. The molecule has 0 N–H and O–H groups in total. The first-order valence-corrected chi connectivity index (χ1v) is 8.11. The first kappa shape index (κ1) is 18.8. The van der Waals surface area contributed by atoms with Gasteiger partial charge in [0.1, 0.15) is 5.75 Å². The Morgan fingerprint density at radius 1 is 1.16 bits per heavy atom. The number of rotatable bonds is 6. The Balaban J connectivity index is 1.87. The van der Waals surface area contributed by atoms with Gasteiger partial charge in [-0.3, -0.25) is 0 Å². The molecule has 0 radical (unpaired) electrons. The van der Waals surface area contributed by atoms with Crippen molar-refractivity contribution in [2.45, 2.75) is 25.7 Å². The van der Waals surface area contributed by atoms with Gasteiger partial charge >= 0.3 is 11.9 Å². The summed E-state index contributed by atoms with van der Waals surface area (Å²) in [6.07, 6.45) is 4.14. The molecule has 0 aliphatic heterocycles. The van der Waals surface area contributed by atoms with E-state index in [1.54, 1.807) is 30.3 Å². The van der Waals surface area contributed by atoms with Crippen molar-refractivity contribution in [2.75, 3.05) is 6.61 Å². The largest absolute Gasteiger partial charge is 0.460 e. The molecular formula is C19H20F2O4. The predicted octanol–water partition coefficient (Wildman–Crippen LogP) is 4.28. The van der Waals surface area contributed by atoms with Crippen LogP contribution in [0, 0.1) is 11.8 Å². The molecular weight excluding hydrogens is 330 g/mol. The molecule has 1 saturated carbocycles. The van der Waals surface area contributed by atoms with Gasteiger partial charge in [0.05, 0.1) is 6.61 Å². The number of halogens is 2. The molecule has 0 aromatic heterocycles. The van der Waals surface area contributed by atoms with Gasteiger partial charge in [0.2, 0.25) is 11.7 Å². The van der Waals surface area contributed by atoms with Gasteiger partial charge in [0.25, 0.3) is 0 Å². The third-order valence-electron chi connectivity index (χ3n) is 4.03. The molecule has 1 aromatic rings. The third kappa shape index (κ3) is 6.14. The number of carbonyl (C=O) groups is 2. The minimum atomic E-state index is -1.14. The molecule has 1 fully saturated rings. The van der Waals surface area contributed by atoms with Crippen LogP contribution in [-0.4, -0.2) is 18.5 Å². The van der Waals surface area contributed by atoms with E-state index in [0.29, 0.717) is 6.42 Å². The van der Waals surface area contributed by atoms with Crippen LogP contribution in [0.3, 0.4) is 0 Å². The Hall–Kier alpha value is -2.50. The van der Waals surface area contributed by atoms with Gasteiger partial charge in [-0.1, -0.05) is 31.2 Å². The van der Waals surface area contributed by atoms with Crippen LogP contribution in [0.4, 0.5) is 8.78 Å². The highest BCUT2D eigenvalue weighted by atomic mass is 19.1. The van der Waals surface area contributed by atoms with Crippen LogP contribution < -0.4 is 4.74 Å². The molecule has 0 amide bonds. The van der Waals surface area contributed by atoms with Crippen LogP contribution in [0.1, 0.15) is 25.7 Å². The molecule has 0 heterocycles. The van der Waals surface area contributed by atoms with E-state index < -0.39 is 23.6 Å². The average Bonchev–Trinajstić information content (AvgIpc) is 2.60. The lowest BCUT2D eigenvalue weighted by molar-refractivity contribution is -0.142. The molecule has 25 heavy (non-hydrogen) atoms. The summed E-state index contributed by atoms with van der Waals surface area (Å²) in [5, 5.41) is 0. The van der Waals surface area contributed by atoms with E-state index >= 15 is 0 Å². The zero-order valence-corrected chi connectivity index (χ0v) is 13.8. The van der Waals surface area contributed by atoms with Gasteiger partial charge in [-0.2, -0.15) is 8.78 Å². The van der Waals surface area contributed by atoms with E-state index in [0.717, 1.165) is 19.3 Å². The van der Waals surface area contributed by atoms with E-state index in [9.17, 15) is 18.4 Å². The summed E-state index contributed by atoms with van der Waals surface area (Å²) in [5.41, 5.74) is 0. The summed E-state index contributed by atoms with van der Waals surface area (Å²) in [6, 6.07) is 8.26. The Morgan fingerprint density at radius 3 is 2.56 bits per heavy atom. The van der Waals surface area contributed by atoms with Crippen molar-refractivity contribution in [2.24, 2.45) is 11.8 Å². The minimum absolute atomic E-state index is 0.00348. The number of hydrogen-bond acceptors (Lipinski definition) is 4. The third-order valence-corrected chi connectivity index (χ3v) is 4.03. The molecule has 2 atom stereocenters. The molecule has 4 nitrogen and oxygen atoms in total. The molecule has 0 bridgehead atoms. The minimum Gasteiger partial charge on any atom is -0.460 e. The summed E-state index contributed by atoms with van der Waals surface area (Å²) < 4.78 is 36.4. The van der Waals surface area contributed by atoms with Crippen molar-refractivity contribution in [1.82, 2.24) is 0 Å². The molecule has 0 saturated heterocycles. The number of allylic oxidation sites excluding steroid dienone is 1. The second kappa shape index (κ2) is 9.11. The Bertz CT molecular complexity index is 655. The molecule has 134 valence electrons. The molecule has 1 aromatic carbocycles. The number of ether oxygens (including phenoxy) is 2. The van der Waals surface area contributed by atoms with E-state index in [1.165, 1.54) is 6.08 Å². The lowest BCUT2D eigenvalue weighted by Crippen LogP contribution is -2.21. The van der Waals surface area contributed by atoms with E-state index in [4.69, 9.17) is 9.47 Å². The molecule has 1 aliphatic rings. The zero-order chi connectivity index (χ0) is 18.2. The standard InChI is InChI=1S/C19H20F2O4/c1-13(20)18(22)24-12-15-7-5-6-14(10-15)11-17(21)19(23)25-16-8-3-2-4-9-16/h2-4,8-9,11,14-15H,1,5-7,10,12H2/b17-11-. The van der Waals surface area contributed by atoms with Crippen LogP contribution in [0.5, 0.6) is 5.75 Å². The maximum atomic E-state index is 14.1. The molecule has 2 unspecified atom stereocenters. The summed E-state index contributed by atoms with van der Waals surface area (Å²) in [5.74, 6) is -4.07. The Kier molecular flexibility index (Phi) is 6.86. The monoisotopic (exact) mass is 350 g/mol. The van der Waals surface area contributed by atoms with Gasteiger partial charge < -0.3 is 9.47 Å². The van der Waals surface area contributed by atoms with Crippen molar-refractivity contribution >= 4 is 11.9 Å². The summed E-state index contributed by atoms with van der Waals surface area (Å²) in [7, 11) is 0. The average molecular weight is 350 g/mol. The Labute approximate surface area is 145 Å². The fourth-order valence-corrected chi connectivity index (χ4v) is 2.83. The number of esters is 2. The summed E-state index contributed by atoms with van der Waals surface area (Å²) in [6.45, 7) is 2.93. The fourth-order valence-electron chi connectivity index (χ4n) is 2.83. The first-order chi connectivity index (χ1) is 12.0. The van der Waals surface area contributed by atoms with Gasteiger partial charge in [0, 0.05) is 0 Å². The quantitative estimate of drug-likeness (QED) is 0.437. The van der Waals surface area contributed by atoms with E-state index in [2.05, 4.69) is 6.58 Å². The van der Waals surface area contributed by atoms with Crippen LogP contribution in [-0.2, 0) is 14.3 Å². The summed E-state index contributed by atoms with van der Waals surface area (Å²) in [4.78, 5) is 22.8. The smallest absolute Gasteiger partial charge is 0.372 e. The topological polar surface area (TPSA) is 52.6 Å². The molecule has 1 aliphatic carbocycles. The lowest BCUT2D eigenvalue weighted by Gasteiger charge is -2.26. The SMILES string of the molecule is C=C(F)C(=O)OCC1CCCC(/C=C(\F)C(=O)Oc2ccccc2)C1. The van der Waals surface area contributed by atoms with Gasteiger partial charge in [-0.05, 0) is 49.3 Å². The van der Waals surface area contributed by atoms with Crippen LogP contribution in [0.2, 0.25) is 0 Å². The van der Waals surface area contributed by atoms with E-state index in [1.807, 2.05) is 0 Å². The van der Waals surface area contributed by atoms with Crippen molar-refractivity contribution < 1.29 is 27.8 Å². The van der Waals surface area contributed by atoms with Crippen molar-refractivity contribution in [3.8, 4) is 5.75 Å². The first-order valence-electron chi connectivity index (χ1n) is 8.11. The van der Waals surface area contributed by atoms with E-state index in [-0.39, 0.29) is 24.2 Å². The van der Waals surface area contributed by atoms with Crippen LogP contribution in [0.15, 0.2) is 54.6 Å². The maximum Gasteiger partial charge on any atom is 0.372 e. The second-order valence-electron chi connectivity index (χ2n) is 6.01. The molecule has 0 spiro atoms. The molecule has 2 rings (SSSR count). The van der Waals surface area contributed by atoms with Gasteiger partial charge in [-0.15, -0.1) is 0 Å². The number of hydrogen-bond donors (Lipinski definition) is 0. The highest BCUT2D eigenvalue weighted by Crippen LogP contribution is 2.31. The predicted molar refractivity (Wildman–Crippen MR) is 87.9 cm³/mol. The van der Waals surface area contributed by atoms with Crippen LogP contribution >= 0.6 is 0 Å². The molecule has 6 heteroatoms. The van der Waals surface area contributed by atoms with Crippen LogP contribution in [0.25, 0.3) is 0 Å². The van der Waals surface area contributed by atoms with Crippen molar-refractivity contribution in [3.05, 3.63) is 54.6 Å². The highest BCUT2D eigenvalue weighted by molar-refractivity contribution is 5.87. The zero-order valence-electron chi connectivity index (χ0n) is 13.8. The van der Waals surface area contributed by atoms with Gasteiger partial charge in [0.15, 0.2) is 0 Å². The fraction of sp³-hybridized carbons (Fsp3) is 0.368. The lowest BCUT2D eigenvalue weighted by atomic mass is 9.81. The Morgan fingerprint density at radius 2 is 1.88 bits per heavy atom. The van der Waals surface area contributed by atoms with Crippen molar-refractivity contribution in [1.29, 1.82) is 0 Å². The normalized spacial score (nSPS) is 20.6. The highest BCUT2D eigenvalue weighted by Gasteiger charge is 2.24. The summed E-state index contributed by atoms with van der Waals surface area (Å²) >= 11 is 0. The van der Waals surface area contributed by atoms with Gasteiger partial charge in [-0.25, -0.2) is 9.59 Å².